The Balaban J connectivity index is 0.00000400. The minimum absolute atomic E-state index is 0. The Hall–Kier alpha value is -1.20. The number of hydrogen-bond donors (Lipinski definition) is 1. The average molecular weight is 336 g/mol. The predicted octanol–water partition coefficient (Wildman–Crippen LogP) is 1.72. The van der Waals surface area contributed by atoms with Crippen LogP contribution in [0.15, 0.2) is 23.1 Å². The second-order valence-corrected chi connectivity index (χ2v) is 7.43. The van der Waals surface area contributed by atoms with E-state index in [1.807, 2.05) is 13.8 Å². The Morgan fingerprint density at radius 1 is 1.43 bits per heavy atom. The fourth-order valence-corrected chi connectivity index (χ4v) is 3.07. The van der Waals surface area contributed by atoms with E-state index in [2.05, 4.69) is 0 Å². The van der Waals surface area contributed by atoms with Crippen molar-refractivity contribution >= 4 is 22.4 Å². The lowest BCUT2D eigenvalue weighted by Gasteiger charge is -2.28. The van der Waals surface area contributed by atoms with Crippen LogP contribution in [0, 0.1) is 22.6 Å². The summed E-state index contributed by atoms with van der Waals surface area (Å²) < 4.78 is 39.1. The van der Waals surface area contributed by atoms with Gasteiger partial charge < -0.3 is 5.73 Å². The third-order valence-electron chi connectivity index (χ3n) is 2.97. The van der Waals surface area contributed by atoms with E-state index in [9.17, 15) is 12.8 Å². The lowest BCUT2D eigenvalue weighted by molar-refractivity contribution is 0.292. The molecular formula is C13H19ClFN3O2S. The Morgan fingerprint density at radius 3 is 2.48 bits per heavy atom. The first-order valence-electron chi connectivity index (χ1n) is 6.00. The molecule has 0 bridgehead atoms. The molecule has 1 rings (SSSR count). The number of nitriles is 1. The monoisotopic (exact) mass is 335 g/mol. The Bertz CT molecular complexity index is 641. The fourth-order valence-electron chi connectivity index (χ4n) is 1.68. The molecule has 0 aromatic heterocycles. The van der Waals surface area contributed by atoms with Gasteiger partial charge in [-0.3, -0.25) is 0 Å². The number of nitrogens with two attached hydrogens (primary N) is 1. The van der Waals surface area contributed by atoms with Crippen molar-refractivity contribution in [2.24, 2.45) is 11.1 Å². The molecule has 1 aromatic carbocycles. The second-order valence-electron chi connectivity index (χ2n) is 5.38. The van der Waals surface area contributed by atoms with Crippen LogP contribution in [0.3, 0.4) is 0 Å². The maximum atomic E-state index is 13.2. The van der Waals surface area contributed by atoms with Gasteiger partial charge in [0, 0.05) is 13.6 Å². The standard InChI is InChI=1S/C13H18FN3O2S.ClH/c1-13(2,8-16)9-17(3)20(18,19)11-4-5-12(14)10(6-11)7-15;/h4-6H,8-9,16H2,1-3H3;1H. The Kier molecular flexibility index (Phi) is 6.77. The molecule has 0 aliphatic carbocycles. The smallest absolute Gasteiger partial charge is 0.242 e. The molecule has 0 heterocycles. The number of benzene rings is 1. The molecule has 0 saturated heterocycles. The molecule has 5 nitrogen and oxygen atoms in total. The van der Waals surface area contributed by atoms with Crippen molar-refractivity contribution in [2.45, 2.75) is 18.7 Å². The highest BCUT2D eigenvalue weighted by Crippen LogP contribution is 2.22. The zero-order valence-electron chi connectivity index (χ0n) is 12.1. The van der Waals surface area contributed by atoms with Gasteiger partial charge in [0.2, 0.25) is 10.0 Å². The summed E-state index contributed by atoms with van der Waals surface area (Å²) in [4.78, 5) is -0.106. The molecule has 118 valence electrons. The molecule has 0 radical (unpaired) electrons. The van der Waals surface area contributed by atoms with E-state index in [1.165, 1.54) is 7.05 Å². The molecule has 0 spiro atoms. The largest absolute Gasteiger partial charge is 0.330 e. The molecule has 2 N–H and O–H groups in total. The van der Waals surface area contributed by atoms with Crippen LogP contribution in [0.4, 0.5) is 4.39 Å². The van der Waals surface area contributed by atoms with Gasteiger partial charge in [0.05, 0.1) is 10.5 Å². The number of nitrogens with zero attached hydrogens (tertiary/aromatic N) is 2. The number of sulfonamides is 1. The molecule has 0 fully saturated rings. The first kappa shape index (κ1) is 19.8. The van der Waals surface area contributed by atoms with Crippen LogP contribution < -0.4 is 5.73 Å². The van der Waals surface area contributed by atoms with Gasteiger partial charge in [-0.05, 0) is 30.2 Å². The molecule has 0 unspecified atom stereocenters. The lowest BCUT2D eigenvalue weighted by Crippen LogP contribution is -2.39. The lowest BCUT2D eigenvalue weighted by atomic mass is 9.94. The van der Waals surface area contributed by atoms with E-state index in [4.69, 9.17) is 11.0 Å². The van der Waals surface area contributed by atoms with Crippen molar-refractivity contribution in [1.82, 2.24) is 4.31 Å². The van der Waals surface area contributed by atoms with Crippen molar-refractivity contribution in [1.29, 1.82) is 5.26 Å². The number of rotatable bonds is 5. The van der Waals surface area contributed by atoms with Gasteiger partial charge in [-0.1, -0.05) is 13.8 Å². The number of halogens is 2. The maximum absolute atomic E-state index is 13.2. The van der Waals surface area contributed by atoms with Crippen LogP contribution >= 0.6 is 12.4 Å². The first-order chi connectivity index (χ1) is 9.14. The van der Waals surface area contributed by atoms with Crippen LogP contribution in [0.25, 0.3) is 0 Å². The Labute approximate surface area is 131 Å². The van der Waals surface area contributed by atoms with Crippen molar-refractivity contribution in [2.75, 3.05) is 20.1 Å². The minimum Gasteiger partial charge on any atom is -0.330 e. The van der Waals surface area contributed by atoms with Crippen LogP contribution in [-0.4, -0.2) is 32.9 Å². The van der Waals surface area contributed by atoms with Gasteiger partial charge in [-0.25, -0.2) is 17.1 Å². The second kappa shape index (κ2) is 7.18. The van der Waals surface area contributed by atoms with Crippen LogP contribution in [0.5, 0.6) is 0 Å². The summed E-state index contributed by atoms with van der Waals surface area (Å²) >= 11 is 0. The van der Waals surface area contributed by atoms with Crippen molar-refractivity contribution in [3.8, 4) is 6.07 Å². The fraction of sp³-hybridized carbons (Fsp3) is 0.462. The molecule has 0 saturated carbocycles. The predicted molar refractivity (Wildman–Crippen MR) is 81.0 cm³/mol. The highest BCUT2D eigenvalue weighted by Gasteiger charge is 2.27. The topological polar surface area (TPSA) is 87.2 Å². The van der Waals surface area contributed by atoms with Gasteiger partial charge in [0.15, 0.2) is 0 Å². The summed E-state index contributed by atoms with van der Waals surface area (Å²) in [6.45, 7) is 4.26. The molecule has 0 aliphatic rings. The highest BCUT2D eigenvalue weighted by molar-refractivity contribution is 7.89. The van der Waals surface area contributed by atoms with Gasteiger partial charge in [0.1, 0.15) is 11.9 Å². The van der Waals surface area contributed by atoms with Gasteiger partial charge in [-0.15, -0.1) is 12.4 Å². The summed E-state index contributed by atoms with van der Waals surface area (Å²) in [5.74, 6) is -0.739. The van der Waals surface area contributed by atoms with Crippen LogP contribution in [0.1, 0.15) is 19.4 Å². The van der Waals surface area contributed by atoms with Crippen molar-refractivity contribution < 1.29 is 12.8 Å². The van der Waals surface area contributed by atoms with E-state index in [1.54, 1.807) is 6.07 Å². The van der Waals surface area contributed by atoms with E-state index in [-0.39, 0.29) is 34.8 Å². The summed E-state index contributed by atoms with van der Waals surface area (Å²) in [5.41, 5.74) is 4.92. The third kappa shape index (κ3) is 4.64. The molecule has 0 amide bonds. The summed E-state index contributed by atoms with van der Waals surface area (Å²) in [6, 6.07) is 4.80. The molecule has 21 heavy (non-hydrogen) atoms. The molecular weight excluding hydrogens is 317 g/mol. The van der Waals surface area contributed by atoms with E-state index >= 15 is 0 Å². The van der Waals surface area contributed by atoms with Crippen LogP contribution in [-0.2, 0) is 10.0 Å². The van der Waals surface area contributed by atoms with Crippen LogP contribution in [0.2, 0.25) is 0 Å². The van der Waals surface area contributed by atoms with E-state index < -0.39 is 15.8 Å². The van der Waals surface area contributed by atoms with E-state index in [0.29, 0.717) is 6.54 Å². The summed E-state index contributed by atoms with van der Waals surface area (Å²) in [7, 11) is -2.34. The zero-order chi connectivity index (χ0) is 15.6. The number of hydrogen-bond acceptors (Lipinski definition) is 4. The SMILES string of the molecule is CN(CC(C)(C)CN)S(=O)(=O)c1ccc(F)c(C#N)c1.Cl. The Morgan fingerprint density at radius 2 is 2.00 bits per heavy atom. The summed E-state index contributed by atoms with van der Waals surface area (Å²) in [5, 5.41) is 8.76. The van der Waals surface area contributed by atoms with Gasteiger partial charge in [-0.2, -0.15) is 5.26 Å². The van der Waals surface area contributed by atoms with Crippen molar-refractivity contribution in [3.63, 3.8) is 0 Å². The van der Waals surface area contributed by atoms with E-state index in [0.717, 1.165) is 22.5 Å². The maximum Gasteiger partial charge on any atom is 0.242 e. The van der Waals surface area contributed by atoms with Crippen molar-refractivity contribution in [3.05, 3.63) is 29.6 Å². The van der Waals surface area contributed by atoms with Gasteiger partial charge >= 0.3 is 0 Å². The minimum atomic E-state index is -3.77. The molecule has 0 atom stereocenters. The molecule has 0 aliphatic heterocycles. The average Bonchev–Trinajstić information content (AvgIpc) is 2.38. The molecule has 1 aromatic rings. The van der Waals surface area contributed by atoms with Gasteiger partial charge in [0.25, 0.3) is 0 Å². The molecule has 8 heteroatoms. The summed E-state index contributed by atoms with van der Waals surface area (Å²) in [6.07, 6.45) is 0. The third-order valence-corrected chi connectivity index (χ3v) is 4.77. The quantitative estimate of drug-likeness (QED) is 0.887. The normalized spacial score (nSPS) is 11.9. The zero-order valence-corrected chi connectivity index (χ0v) is 13.8. The first-order valence-corrected chi connectivity index (χ1v) is 7.44. The highest BCUT2D eigenvalue weighted by atomic mass is 35.5.